The number of halogens is 1. The van der Waals surface area contributed by atoms with Crippen molar-refractivity contribution in [3.05, 3.63) is 52.6 Å². The molecule has 0 saturated heterocycles. The van der Waals surface area contributed by atoms with E-state index in [1.54, 1.807) is 0 Å². The first-order valence-corrected chi connectivity index (χ1v) is 6.57. The van der Waals surface area contributed by atoms with Gasteiger partial charge in [0.25, 0.3) is 0 Å². The van der Waals surface area contributed by atoms with Crippen molar-refractivity contribution in [2.24, 2.45) is 0 Å². The van der Waals surface area contributed by atoms with Crippen LogP contribution in [0.15, 0.2) is 47.1 Å². The minimum absolute atomic E-state index is 0.782. The Hall–Kier alpha value is -1.55. The van der Waals surface area contributed by atoms with Crippen LogP contribution in [0.4, 0.5) is 11.5 Å². The van der Waals surface area contributed by atoms with E-state index in [0.29, 0.717) is 0 Å². The van der Waals surface area contributed by atoms with Crippen LogP contribution in [0.2, 0.25) is 0 Å². The van der Waals surface area contributed by atoms with E-state index < -0.39 is 0 Å². The van der Waals surface area contributed by atoms with Crippen molar-refractivity contribution in [1.29, 1.82) is 0 Å². The Labute approximate surface area is 116 Å². The van der Waals surface area contributed by atoms with Crippen molar-refractivity contribution in [2.45, 2.75) is 6.54 Å². The molecule has 0 radical (unpaired) electrons. The third-order valence-corrected chi connectivity index (χ3v) is 3.42. The quantitative estimate of drug-likeness (QED) is 0.937. The molecule has 0 aliphatic carbocycles. The van der Waals surface area contributed by atoms with E-state index in [9.17, 15) is 0 Å². The molecule has 1 aromatic carbocycles. The predicted molar refractivity (Wildman–Crippen MR) is 80.0 cm³/mol. The first-order valence-electron chi connectivity index (χ1n) is 5.77. The normalized spacial score (nSPS) is 10.2. The van der Waals surface area contributed by atoms with Gasteiger partial charge in [0.1, 0.15) is 5.82 Å². The largest absolute Gasteiger partial charge is 0.380 e. The summed E-state index contributed by atoms with van der Waals surface area (Å²) < 4.78 is 1.12. The number of nitrogens with one attached hydrogen (secondary N) is 1. The molecule has 0 spiro atoms. The van der Waals surface area contributed by atoms with Gasteiger partial charge in [0.15, 0.2) is 0 Å². The van der Waals surface area contributed by atoms with E-state index in [1.807, 2.05) is 55.5 Å². The van der Waals surface area contributed by atoms with Gasteiger partial charge in [0.05, 0.1) is 11.9 Å². The van der Waals surface area contributed by atoms with Gasteiger partial charge in [-0.1, -0.05) is 34.1 Å². The van der Waals surface area contributed by atoms with Crippen molar-refractivity contribution in [3.63, 3.8) is 0 Å². The zero-order valence-corrected chi connectivity index (χ0v) is 12.1. The molecule has 3 nitrogen and oxygen atoms in total. The maximum absolute atomic E-state index is 4.36. The second-order valence-electron chi connectivity index (χ2n) is 4.24. The van der Waals surface area contributed by atoms with Gasteiger partial charge in [-0.15, -0.1) is 0 Å². The average molecular weight is 306 g/mol. The lowest BCUT2D eigenvalue weighted by atomic mass is 10.2. The molecule has 2 aromatic rings. The zero-order chi connectivity index (χ0) is 13.0. The number of anilines is 2. The summed E-state index contributed by atoms with van der Waals surface area (Å²) in [6.07, 6.45) is 1.85. The third kappa shape index (κ3) is 3.23. The topological polar surface area (TPSA) is 28.2 Å². The molecule has 1 heterocycles. The number of rotatable bonds is 4. The molecular weight excluding hydrogens is 290 g/mol. The van der Waals surface area contributed by atoms with E-state index in [-0.39, 0.29) is 0 Å². The van der Waals surface area contributed by atoms with Crippen LogP contribution in [-0.2, 0) is 6.54 Å². The van der Waals surface area contributed by atoms with Crippen LogP contribution < -0.4 is 10.2 Å². The SMILES string of the molecule is CN(C)c1ccc(NCc2ccccc2Br)cn1. The van der Waals surface area contributed by atoms with Crippen LogP contribution in [0.5, 0.6) is 0 Å². The standard InChI is InChI=1S/C14H16BrN3/c1-18(2)14-8-7-12(10-17-14)16-9-11-5-3-4-6-13(11)15/h3-8,10,16H,9H2,1-2H3. The molecule has 4 heteroatoms. The highest BCUT2D eigenvalue weighted by molar-refractivity contribution is 9.10. The van der Waals surface area contributed by atoms with Crippen molar-refractivity contribution in [1.82, 2.24) is 4.98 Å². The third-order valence-electron chi connectivity index (χ3n) is 2.65. The number of nitrogens with zero attached hydrogens (tertiary/aromatic N) is 2. The van der Waals surface area contributed by atoms with Crippen LogP contribution in [0.25, 0.3) is 0 Å². The number of pyridine rings is 1. The Balaban J connectivity index is 2.00. The van der Waals surface area contributed by atoms with Gasteiger partial charge < -0.3 is 10.2 Å². The Bertz CT molecular complexity index is 509. The molecule has 0 bridgehead atoms. The number of hydrogen-bond acceptors (Lipinski definition) is 3. The van der Waals surface area contributed by atoms with Gasteiger partial charge in [-0.25, -0.2) is 4.98 Å². The summed E-state index contributed by atoms with van der Waals surface area (Å²) >= 11 is 3.54. The molecule has 0 aliphatic heterocycles. The van der Waals surface area contributed by atoms with Crippen LogP contribution >= 0.6 is 15.9 Å². The number of benzene rings is 1. The highest BCUT2D eigenvalue weighted by Crippen LogP contribution is 2.18. The molecule has 0 amide bonds. The maximum Gasteiger partial charge on any atom is 0.128 e. The van der Waals surface area contributed by atoms with Gasteiger partial charge in [0.2, 0.25) is 0 Å². The highest BCUT2D eigenvalue weighted by atomic mass is 79.9. The second kappa shape index (κ2) is 5.87. The summed E-state index contributed by atoms with van der Waals surface area (Å²) in [5.41, 5.74) is 2.26. The summed E-state index contributed by atoms with van der Waals surface area (Å²) in [6.45, 7) is 0.782. The van der Waals surface area contributed by atoms with Crippen LogP contribution in [0.1, 0.15) is 5.56 Å². The molecule has 1 aromatic heterocycles. The molecule has 94 valence electrons. The van der Waals surface area contributed by atoms with E-state index in [4.69, 9.17) is 0 Å². The molecular formula is C14H16BrN3. The van der Waals surface area contributed by atoms with Gasteiger partial charge in [0, 0.05) is 25.1 Å². The second-order valence-corrected chi connectivity index (χ2v) is 5.10. The summed E-state index contributed by atoms with van der Waals surface area (Å²) in [4.78, 5) is 6.35. The molecule has 0 aliphatic rings. The molecule has 0 unspecified atom stereocenters. The maximum atomic E-state index is 4.36. The minimum atomic E-state index is 0.782. The Morgan fingerprint density at radius 3 is 2.56 bits per heavy atom. The summed E-state index contributed by atoms with van der Waals surface area (Å²) in [5.74, 6) is 0.960. The molecule has 0 fully saturated rings. The lowest BCUT2D eigenvalue weighted by Gasteiger charge is -2.12. The van der Waals surface area contributed by atoms with Crippen molar-refractivity contribution < 1.29 is 0 Å². The van der Waals surface area contributed by atoms with Crippen molar-refractivity contribution in [3.8, 4) is 0 Å². The number of hydrogen-bond donors (Lipinski definition) is 1. The summed E-state index contributed by atoms with van der Waals surface area (Å²) in [5, 5.41) is 3.36. The molecule has 0 saturated carbocycles. The van der Waals surface area contributed by atoms with Crippen LogP contribution in [0.3, 0.4) is 0 Å². The van der Waals surface area contributed by atoms with Gasteiger partial charge in [-0.05, 0) is 23.8 Å². The Morgan fingerprint density at radius 1 is 1.17 bits per heavy atom. The number of aromatic nitrogens is 1. The van der Waals surface area contributed by atoms with Gasteiger partial charge in [-0.3, -0.25) is 0 Å². The van der Waals surface area contributed by atoms with Gasteiger partial charge >= 0.3 is 0 Å². The fourth-order valence-corrected chi connectivity index (χ4v) is 2.02. The summed E-state index contributed by atoms with van der Waals surface area (Å²) in [6, 6.07) is 12.2. The first kappa shape index (κ1) is 12.9. The average Bonchev–Trinajstić information content (AvgIpc) is 2.38. The van der Waals surface area contributed by atoms with Gasteiger partial charge in [-0.2, -0.15) is 0 Å². The predicted octanol–water partition coefficient (Wildman–Crippen LogP) is 3.52. The van der Waals surface area contributed by atoms with E-state index >= 15 is 0 Å². The zero-order valence-electron chi connectivity index (χ0n) is 10.5. The fourth-order valence-electron chi connectivity index (χ4n) is 1.59. The van der Waals surface area contributed by atoms with E-state index in [1.165, 1.54) is 5.56 Å². The Morgan fingerprint density at radius 2 is 1.94 bits per heavy atom. The Kier molecular flexibility index (Phi) is 4.20. The lowest BCUT2D eigenvalue weighted by Crippen LogP contribution is -2.10. The van der Waals surface area contributed by atoms with Crippen LogP contribution in [-0.4, -0.2) is 19.1 Å². The van der Waals surface area contributed by atoms with Crippen molar-refractivity contribution in [2.75, 3.05) is 24.3 Å². The molecule has 0 atom stereocenters. The fraction of sp³-hybridized carbons (Fsp3) is 0.214. The van der Waals surface area contributed by atoms with Crippen molar-refractivity contribution >= 4 is 27.4 Å². The smallest absolute Gasteiger partial charge is 0.128 e. The lowest BCUT2D eigenvalue weighted by molar-refractivity contribution is 1.06. The summed E-state index contributed by atoms with van der Waals surface area (Å²) in [7, 11) is 3.97. The molecule has 18 heavy (non-hydrogen) atoms. The molecule has 2 rings (SSSR count). The van der Waals surface area contributed by atoms with E-state index in [0.717, 1.165) is 22.5 Å². The first-order chi connectivity index (χ1) is 8.66. The minimum Gasteiger partial charge on any atom is -0.380 e. The monoisotopic (exact) mass is 305 g/mol. The van der Waals surface area contributed by atoms with E-state index in [2.05, 4.69) is 32.3 Å². The van der Waals surface area contributed by atoms with Crippen LogP contribution in [0, 0.1) is 0 Å². The highest BCUT2D eigenvalue weighted by Gasteiger charge is 2.00. The molecule has 1 N–H and O–H groups in total.